The summed E-state index contributed by atoms with van der Waals surface area (Å²) in [5, 5.41) is 7.53. The molecule has 1 aliphatic rings. The molecule has 0 spiro atoms. The van der Waals surface area contributed by atoms with Gasteiger partial charge in [-0.05, 0) is 37.1 Å². The van der Waals surface area contributed by atoms with Crippen LogP contribution in [0.5, 0.6) is 5.75 Å². The second-order valence-electron chi connectivity index (χ2n) is 7.06. The predicted octanol–water partition coefficient (Wildman–Crippen LogP) is 4.39. The second-order valence-corrected chi connectivity index (χ2v) is 8.15. The third-order valence-corrected chi connectivity index (χ3v) is 6.09. The van der Waals surface area contributed by atoms with E-state index < -0.39 is 0 Å². The summed E-state index contributed by atoms with van der Waals surface area (Å²) in [6.07, 6.45) is 0. The molecule has 6 heteroatoms. The molecule has 1 aliphatic heterocycles. The van der Waals surface area contributed by atoms with Crippen molar-refractivity contribution in [3.8, 4) is 5.75 Å². The fourth-order valence-electron chi connectivity index (χ4n) is 3.55. The van der Waals surface area contributed by atoms with Crippen molar-refractivity contribution in [3.63, 3.8) is 0 Å². The quantitative estimate of drug-likeness (QED) is 0.714. The number of carbonyl (C=O) groups excluding carboxylic acids is 1. The third kappa shape index (κ3) is 3.78. The van der Waals surface area contributed by atoms with E-state index in [2.05, 4.69) is 47.7 Å². The summed E-state index contributed by atoms with van der Waals surface area (Å²) in [5.74, 6) is 2.02. The van der Waals surface area contributed by atoms with E-state index in [1.165, 1.54) is 5.56 Å². The van der Waals surface area contributed by atoms with Crippen LogP contribution in [0.1, 0.15) is 33.2 Å². The molecule has 4 rings (SSSR count). The first-order valence-corrected chi connectivity index (χ1v) is 10.3. The van der Waals surface area contributed by atoms with Crippen LogP contribution >= 0.6 is 11.8 Å². The molecule has 0 fully saturated rings. The minimum Gasteiger partial charge on any atom is -0.489 e. The molecule has 0 saturated carbocycles. The predicted molar refractivity (Wildman–Crippen MR) is 113 cm³/mol. The van der Waals surface area contributed by atoms with Gasteiger partial charge >= 0.3 is 0 Å². The number of hydrogen-bond acceptors (Lipinski definition) is 4. The number of fused-ring (bicyclic) bond motifs is 1. The average Bonchev–Trinajstić information content (AvgIpc) is 2.84. The molecule has 2 heterocycles. The summed E-state index contributed by atoms with van der Waals surface area (Å²) >= 11 is 1.62. The Labute approximate surface area is 169 Å². The highest BCUT2D eigenvalue weighted by Crippen LogP contribution is 2.43. The van der Waals surface area contributed by atoms with Crippen LogP contribution in [0, 0.1) is 13.8 Å². The first-order valence-electron chi connectivity index (χ1n) is 9.24. The van der Waals surface area contributed by atoms with Crippen LogP contribution in [0.3, 0.4) is 0 Å². The minimum absolute atomic E-state index is 0.00334. The van der Waals surface area contributed by atoms with Gasteiger partial charge in [-0.25, -0.2) is 0 Å². The van der Waals surface area contributed by atoms with Crippen molar-refractivity contribution in [1.29, 1.82) is 0 Å². The van der Waals surface area contributed by atoms with Gasteiger partial charge in [-0.2, -0.15) is 5.10 Å². The molecule has 144 valence electrons. The number of aryl methyl sites for hydroxylation is 3. The van der Waals surface area contributed by atoms with E-state index in [9.17, 15) is 4.79 Å². The molecule has 1 atom stereocenters. The van der Waals surface area contributed by atoms with Gasteiger partial charge in [0, 0.05) is 12.6 Å². The number of carbonyl (C=O) groups is 1. The van der Waals surface area contributed by atoms with Gasteiger partial charge in [-0.15, -0.1) is 11.8 Å². The zero-order chi connectivity index (χ0) is 19.7. The Bertz CT molecular complexity index is 1030. The zero-order valence-corrected chi connectivity index (χ0v) is 17.0. The highest BCUT2D eigenvalue weighted by Gasteiger charge is 2.29. The highest BCUT2D eigenvalue weighted by molar-refractivity contribution is 8.00. The summed E-state index contributed by atoms with van der Waals surface area (Å²) in [7, 11) is 1.86. The van der Waals surface area contributed by atoms with Crippen molar-refractivity contribution in [2.75, 3.05) is 11.1 Å². The Morgan fingerprint density at radius 1 is 1.21 bits per heavy atom. The Balaban J connectivity index is 1.61. The molecule has 28 heavy (non-hydrogen) atoms. The van der Waals surface area contributed by atoms with E-state index >= 15 is 0 Å². The fourth-order valence-corrected chi connectivity index (χ4v) is 4.72. The van der Waals surface area contributed by atoms with Gasteiger partial charge in [-0.3, -0.25) is 9.48 Å². The fraction of sp³-hybridized carbons (Fsp3) is 0.273. The lowest BCUT2D eigenvalue weighted by atomic mass is 10.0. The standard InChI is InChI=1S/C22H23N3O2S/c1-14-6-4-7-16(10-14)12-27-18-9-5-8-17(11-18)21-20-15(2)24-25(3)22(20)23-19(26)13-28-21/h4-11,21H,12-13H2,1-3H3,(H,23,26)/t21-/m1/s1. The molecule has 0 unspecified atom stereocenters. The Hall–Kier alpha value is -2.73. The van der Waals surface area contributed by atoms with Crippen LogP contribution in [0.4, 0.5) is 5.82 Å². The van der Waals surface area contributed by atoms with Crippen LogP contribution in [-0.2, 0) is 18.4 Å². The molecule has 1 N–H and O–H groups in total. The monoisotopic (exact) mass is 393 g/mol. The molecule has 0 radical (unpaired) electrons. The summed E-state index contributed by atoms with van der Waals surface area (Å²) in [6.45, 7) is 4.60. The molecular formula is C22H23N3O2S. The lowest BCUT2D eigenvalue weighted by Gasteiger charge is -2.16. The highest BCUT2D eigenvalue weighted by atomic mass is 32.2. The van der Waals surface area contributed by atoms with Gasteiger partial charge in [0.05, 0.1) is 16.7 Å². The Kier molecular flexibility index (Phi) is 5.13. The summed E-state index contributed by atoms with van der Waals surface area (Å²) < 4.78 is 7.79. The van der Waals surface area contributed by atoms with E-state index in [1.807, 2.05) is 32.2 Å². The Morgan fingerprint density at radius 3 is 2.86 bits per heavy atom. The van der Waals surface area contributed by atoms with Crippen molar-refractivity contribution in [1.82, 2.24) is 9.78 Å². The number of nitrogens with zero attached hydrogens (tertiary/aromatic N) is 2. The van der Waals surface area contributed by atoms with Crippen LogP contribution in [-0.4, -0.2) is 21.4 Å². The smallest absolute Gasteiger partial charge is 0.235 e. The maximum atomic E-state index is 12.1. The van der Waals surface area contributed by atoms with Crippen molar-refractivity contribution in [3.05, 3.63) is 76.5 Å². The molecule has 5 nitrogen and oxygen atoms in total. The molecular weight excluding hydrogens is 370 g/mol. The third-order valence-electron chi connectivity index (χ3n) is 4.82. The number of anilines is 1. The molecule has 0 saturated heterocycles. The number of nitrogens with one attached hydrogen (secondary N) is 1. The number of thioether (sulfide) groups is 1. The van der Waals surface area contributed by atoms with Crippen molar-refractivity contribution >= 4 is 23.5 Å². The molecule has 0 bridgehead atoms. The molecule has 3 aromatic rings. The van der Waals surface area contributed by atoms with E-state index in [-0.39, 0.29) is 11.2 Å². The van der Waals surface area contributed by atoms with Gasteiger partial charge in [0.1, 0.15) is 18.2 Å². The van der Waals surface area contributed by atoms with Crippen LogP contribution in [0.2, 0.25) is 0 Å². The van der Waals surface area contributed by atoms with E-state index in [0.717, 1.165) is 34.0 Å². The zero-order valence-electron chi connectivity index (χ0n) is 16.2. The van der Waals surface area contributed by atoms with Crippen LogP contribution in [0.15, 0.2) is 48.5 Å². The first kappa shape index (κ1) is 18.6. The van der Waals surface area contributed by atoms with Crippen molar-refractivity contribution in [2.24, 2.45) is 7.05 Å². The SMILES string of the molecule is Cc1cccc(COc2cccc([C@H]3SCC(=O)Nc4c3c(C)nn4C)c2)c1. The van der Waals surface area contributed by atoms with Gasteiger partial charge in [0.2, 0.25) is 5.91 Å². The number of rotatable bonds is 4. The number of amides is 1. The molecule has 2 aromatic carbocycles. The van der Waals surface area contributed by atoms with E-state index in [4.69, 9.17) is 4.74 Å². The first-order chi connectivity index (χ1) is 13.5. The van der Waals surface area contributed by atoms with Crippen LogP contribution < -0.4 is 10.1 Å². The maximum absolute atomic E-state index is 12.1. The van der Waals surface area contributed by atoms with Crippen molar-refractivity contribution in [2.45, 2.75) is 25.7 Å². The number of benzene rings is 2. The van der Waals surface area contributed by atoms with Crippen molar-refractivity contribution < 1.29 is 9.53 Å². The largest absolute Gasteiger partial charge is 0.489 e. The number of hydrogen-bond donors (Lipinski definition) is 1. The lowest BCUT2D eigenvalue weighted by molar-refractivity contribution is -0.113. The molecule has 0 aliphatic carbocycles. The van der Waals surface area contributed by atoms with Gasteiger partial charge in [0.15, 0.2) is 0 Å². The van der Waals surface area contributed by atoms with Gasteiger partial charge in [0.25, 0.3) is 0 Å². The Morgan fingerprint density at radius 2 is 2.04 bits per heavy atom. The second kappa shape index (κ2) is 7.72. The topological polar surface area (TPSA) is 56.1 Å². The summed E-state index contributed by atoms with van der Waals surface area (Å²) in [6, 6.07) is 16.5. The van der Waals surface area contributed by atoms with E-state index in [0.29, 0.717) is 12.4 Å². The molecule has 1 amide bonds. The van der Waals surface area contributed by atoms with Crippen LogP contribution in [0.25, 0.3) is 0 Å². The number of ether oxygens (including phenoxy) is 1. The summed E-state index contributed by atoms with van der Waals surface area (Å²) in [4.78, 5) is 12.1. The van der Waals surface area contributed by atoms with Gasteiger partial charge < -0.3 is 10.1 Å². The lowest BCUT2D eigenvalue weighted by Crippen LogP contribution is -2.15. The number of aromatic nitrogens is 2. The van der Waals surface area contributed by atoms with E-state index in [1.54, 1.807) is 16.4 Å². The minimum atomic E-state index is 0.00334. The average molecular weight is 394 g/mol. The maximum Gasteiger partial charge on any atom is 0.235 e. The molecule has 1 aromatic heterocycles. The van der Waals surface area contributed by atoms with Gasteiger partial charge in [-0.1, -0.05) is 42.0 Å². The summed E-state index contributed by atoms with van der Waals surface area (Å²) in [5.41, 5.74) is 5.48. The normalized spacial score (nSPS) is 16.2.